The molecule has 1 amide bonds. The molecule has 1 fully saturated rings. The second-order valence-corrected chi connectivity index (χ2v) is 3.52. The van der Waals surface area contributed by atoms with Gasteiger partial charge in [0, 0.05) is 13.1 Å². The first-order valence-electron chi connectivity index (χ1n) is 4.88. The fourth-order valence-electron chi connectivity index (χ4n) is 1.62. The van der Waals surface area contributed by atoms with E-state index in [0.717, 1.165) is 25.9 Å². The van der Waals surface area contributed by atoms with Crippen molar-refractivity contribution in [3.63, 3.8) is 0 Å². The average Bonchev–Trinajstić information content (AvgIpc) is 2.04. The monoisotopic (exact) mass is 182 g/mol. The Morgan fingerprint density at radius 3 is 3.08 bits per heavy atom. The van der Waals surface area contributed by atoms with Gasteiger partial charge in [0.2, 0.25) is 5.91 Å². The molecule has 0 radical (unpaired) electrons. The number of piperidine rings is 1. The number of rotatable bonds is 3. The number of hydrogen-bond acceptors (Lipinski definition) is 2. The normalized spacial score (nSPS) is 18.7. The summed E-state index contributed by atoms with van der Waals surface area (Å²) in [5.74, 6) is 0.122. The number of carbonyl (C=O) groups is 1. The molecule has 1 aliphatic rings. The minimum atomic E-state index is 0.122. The van der Waals surface area contributed by atoms with Crippen molar-refractivity contribution in [1.82, 2.24) is 10.2 Å². The molecule has 1 aliphatic heterocycles. The first-order valence-corrected chi connectivity index (χ1v) is 4.88. The standard InChI is InChI=1S/C10H18N2O/c1-3-11-10(13)8-12-6-4-5-9(2)7-12/h2-8H2,1H3,(H,11,13). The quantitative estimate of drug-likeness (QED) is 0.654. The van der Waals surface area contributed by atoms with Crippen LogP contribution >= 0.6 is 0 Å². The average molecular weight is 182 g/mol. The fraction of sp³-hybridized carbons (Fsp3) is 0.700. The summed E-state index contributed by atoms with van der Waals surface area (Å²) in [5, 5.41) is 2.80. The van der Waals surface area contributed by atoms with Crippen molar-refractivity contribution in [3.8, 4) is 0 Å². The molecule has 1 heterocycles. The first-order chi connectivity index (χ1) is 6.22. The highest BCUT2D eigenvalue weighted by Gasteiger charge is 2.14. The molecule has 0 aliphatic carbocycles. The van der Waals surface area contributed by atoms with E-state index in [2.05, 4.69) is 16.8 Å². The molecule has 0 saturated carbocycles. The number of nitrogens with zero attached hydrogens (tertiary/aromatic N) is 1. The SMILES string of the molecule is C=C1CCCN(CC(=O)NCC)C1. The molecule has 0 atom stereocenters. The molecular formula is C10H18N2O. The summed E-state index contributed by atoms with van der Waals surface area (Å²) in [5.41, 5.74) is 1.25. The van der Waals surface area contributed by atoms with Crippen molar-refractivity contribution >= 4 is 5.91 Å². The number of hydrogen-bond donors (Lipinski definition) is 1. The van der Waals surface area contributed by atoms with E-state index in [0.29, 0.717) is 13.1 Å². The number of amides is 1. The maximum Gasteiger partial charge on any atom is 0.234 e. The van der Waals surface area contributed by atoms with Crippen LogP contribution in [0.15, 0.2) is 12.2 Å². The molecule has 3 heteroatoms. The molecule has 1 N–H and O–H groups in total. The predicted octanol–water partition coefficient (Wildman–Crippen LogP) is 0.774. The van der Waals surface area contributed by atoms with E-state index in [9.17, 15) is 4.79 Å². The summed E-state index contributed by atoms with van der Waals surface area (Å²) >= 11 is 0. The van der Waals surface area contributed by atoms with Crippen LogP contribution in [0.2, 0.25) is 0 Å². The maximum absolute atomic E-state index is 11.2. The van der Waals surface area contributed by atoms with Crippen molar-refractivity contribution < 1.29 is 4.79 Å². The number of likely N-dealkylation sites (tertiary alicyclic amines) is 1. The molecular weight excluding hydrogens is 164 g/mol. The molecule has 0 spiro atoms. The summed E-state index contributed by atoms with van der Waals surface area (Å²) in [6, 6.07) is 0. The summed E-state index contributed by atoms with van der Waals surface area (Å²) in [7, 11) is 0. The van der Waals surface area contributed by atoms with Crippen molar-refractivity contribution in [3.05, 3.63) is 12.2 Å². The van der Waals surface area contributed by atoms with Gasteiger partial charge in [0.05, 0.1) is 6.54 Å². The van der Waals surface area contributed by atoms with E-state index in [1.54, 1.807) is 0 Å². The highest BCUT2D eigenvalue weighted by molar-refractivity contribution is 5.77. The van der Waals surface area contributed by atoms with Gasteiger partial charge >= 0.3 is 0 Å². The lowest BCUT2D eigenvalue weighted by Crippen LogP contribution is -2.40. The van der Waals surface area contributed by atoms with Crippen LogP contribution in [0.25, 0.3) is 0 Å². The lowest BCUT2D eigenvalue weighted by atomic mass is 10.1. The summed E-state index contributed by atoms with van der Waals surface area (Å²) < 4.78 is 0. The Hall–Kier alpha value is -0.830. The molecule has 1 saturated heterocycles. The third kappa shape index (κ3) is 3.59. The van der Waals surface area contributed by atoms with Crippen LogP contribution in [0, 0.1) is 0 Å². The van der Waals surface area contributed by atoms with Crippen molar-refractivity contribution in [2.45, 2.75) is 19.8 Å². The van der Waals surface area contributed by atoms with Gasteiger partial charge in [-0.05, 0) is 26.3 Å². The Morgan fingerprint density at radius 1 is 1.69 bits per heavy atom. The van der Waals surface area contributed by atoms with E-state index in [-0.39, 0.29) is 5.91 Å². The Bertz CT molecular complexity index is 201. The van der Waals surface area contributed by atoms with Gasteiger partial charge in [0.25, 0.3) is 0 Å². The summed E-state index contributed by atoms with van der Waals surface area (Å²) in [6.07, 6.45) is 2.25. The minimum absolute atomic E-state index is 0.122. The van der Waals surface area contributed by atoms with Gasteiger partial charge in [0.15, 0.2) is 0 Å². The van der Waals surface area contributed by atoms with Gasteiger partial charge in [-0.3, -0.25) is 9.69 Å². The van der Waals surface area contributed by atoms with Gasteiger partial charge in [-0.25, -0.2) is 0 Å². The Morgan fingerprint density at radius 2 is 2.46 bits per heavy atom. The third-order valence-corrected chi connectivity index (χ3v) is 2.19. The predicted molar refractivity (Wildman–Crippen MR) is 53.5 cm³/mol. The summed E-state index contributed by atoms with van der Waals surface area (Å²) in [6.45, 7) is 9.03. The van der Waals surface area contributed by atoms with Gasteiger partial charge in [-0.15, -0.1) is 0 Å². The smallest absolute Gasteiger partial charge is 0.234 e. The van der Waals surface area contributed by atoms with Crippen molar-refractivity contribution in [2.24, 2.45) is 0 Å². The molecule has 13 heavy (non-hydrogen) atoms. The van der Waals surface area contributed by atoms with Crippen LogP contribution < -0.4 is 5.32 Å². The van der Waals surface area contributed by atoms with E-state index >= 15 is 0 Å². The minimum Gasteiger partial charge on any atom is -0.355 e. The highest BCUT2D eigenvalue weighted by atomic mass is 16.2. The second-order valence-electron chi connectivity index (χ2n) is 3.52. The summed E-state index contributed by atoms with van der Waals surface area (Å²) in [4.78, 5) is 13.4. The van der Waals surface area contributed by atoms with Crippen LogP contribution in [-0.4, -0.2) is 37.0 Å². The molecule has 0 unspecified atom stereocenters. The van der Waals surface area contributed by atoms with E-state index in [1.165, 1.54) is 5.57 Å². The number of likely N-dealkylation sites (N-methyl/N-ethyl adjacent to an activating group) is 1. The van der Waals surface area contributed by atoms with Crippen LogP contribution in [0.4, 0.5) is 0 Å². The maximum atomic E-state index is 11.2. The zero-order valence-corrected chi connectivity index (χ0v) is 8.31. The van der Waals surface area contributed by atoms with E-state index in [4.69, 9.17) is 0 Å². The molecule has 0 aromatic heterocycles. The van der Waals surface area contributed by atoms with Gasteiger partial charge in [-0.2, -0.15) is 0 Å². The van der Waals surface area contributed by atoms with Crippen molar-refractivity contribution in [1.29, 1.82) is 0 Å². The van der Waals surface area contributed by atoms with Crippen LogP contribution in [-0.2, 0) is 4.79 Å². The zero-order valence-electron chi connectivity index (χ0n) is 8.31. The first kappa shape index (κ1) is 10.3. The third-order valence-electron chi connectivity index (χ3n) is 2.19. The largest absolute Gasteiger partial charge is 0.355 e. The molecule has 0 aromatic carbocycles. The lowest BCUT2D eigenvalue weighted by Gasteiger charge is -2.27. The lowest BCUT2D eigenvalue weighted by molar-refractivity contribution is -0.122. The number of carbonyl (C=O) groups excluding carboxylic acids is 1. The fourth-order valence-corrected chi connectivity index (χ4v) is 1.62. The van der Waals surface area contributed by atoms with Crippen LogP contribution in [0.5, 0.6) is 0 Å². The van der Waals surface area contributed by atoms with Crippen LogP contribution in [0.3, 0.4) is 0 Å². The highest BCUT2D eigenvalue weighted by Crippen LogP contribution is 2.12. The van der Waals surface area contributed by atoms with E-state index < -0.39 is 0 Å². The molecule has 0 bridgehead atoms. The number of nitrogens with one attached hydrogen (secondary N) is 1. The van der Waals surface area contributed by atoms with E-state index in [1.807, 2.05) is 6.92 Å². The second kappa shape index (κ2) is 5.02. The van der Waals surface area contributed by atoms with Gasteiger partial charge in [0.1, 0.15) is 0 Å². The molecule has 1 rings (SSSR count). The molecule has 74 valence electrons. The Kier molecular flexibility index (Phi) is 3.96. The van der Waals surface area contributed by atoms with Gasteiger partial charge in [-0.1, -0.05) is 12.2 Å². The van der Waals surface area contributed by atoms with Crippen molar-refractivity contribution in [2.75, 3.05) is 26.2 Å². The zero-order chi connectivity index (χ0) is 9.68. The molecule has 0 aromatic rings. The topological polar surface area (TPSA) is 32.3 Å². The van der Waals surface area contributed by atoms with Gasteiger partial charge < -0.3 is 5.32 Å². The molecule has 3 nitrogen and oxygen atoms in total. The Balaban J connectivity index is 2.27. The Labute approximate surface area is 79.8 Å². The van der Waals surface area contributed by atoms with Crippen LogP contribution in [0.1, 0.15) is 19.8 Å².